The average Bonchev–Trinajstić information content (AvgIpc) is 2.77. The Hall–Kier alpha value is -1.96. The van der Waals surface area contributed by atoms with Crippen molar-refractivity contribution in [2.75, 3.05) is 52.9 Å². The zero-order valence-corrected chi connectivity index (χ0v) is 18.3. The van der Waals surface area contributed by atoms with Crippen LogP contribution in [0, 0.1) is 5.92 Å². The van der Waals surface area contributed by atoms with Gasteiger partial charge in [-0.05, 0) is 37.1 Å². The average molecular weight is 425 g/mol. The van der Waals surface area contributed by atoms with Crippen molar-refractivity contribution >= 4 is 12.3 Å². The van der Waals surface area contributed by atoms with Gasteiger partial charge < -0.3 is 23.7 Å². The number of unbranched alkanes of at least 4 members (excludes halogenated alkanes) is 1. The van der Waals surface area contributed by atoms with E-state index in [9.17, 15) is 9.59 Å². The summed E-state index contributed by atoms with van der Waals surface area (Å²) in [6.07, 6.45) is 4.64. The monoisotopic (exact) mass is 424 g/mol. The first-order chi connectivity index (χ1) is 14.7. The Kier molecular flexibility index (Phi) is 15.5. The van der Waals surface area contributed by atoms with E-state index in [0.717, 1.165) is 32.0 Å². The van der Waals surface area contributed by atoms with Crippen LogP contribution < -0.4 is 4.74 Å². The van der Waals surface area contributed by atoms with Gasteiger partial charge in [-0.15, -0.1) is 0 Å². The first kappa shape index (κ1) is 26.1. The standard InChI is InChI=1S/C23H36O7/c1-3-5-6-21(4-2)23(25)30-18-16-28-14-12-26-11-13-27-15-17-29-22-9-7-20(19-24)8-10-22/h7-10,19,21H,3-6,11-18H2,1-2H3. The summed E-state index contributed by atoms with van der Waals surface area (Å²) < 4.78 is 27.0. The molecule has 0 radical (unpaired) electrons. The number of esters is 1. The molecule has 7 heteroatoms. The first-order valence-electron chi connectivity index (χ1n) is 10.8. The summed E-state index contributed by atoms with van der Waals surface area (Å²) in [6.45, 7) is 7.53. The molecule has 1 rings (SSSR count). The zero-order chi connectivity index (χ0) is 21.9. The molecule has 0 N–H and O–H groups in total. The Balaban J connectivity index is 1.87. The molecule has 7 nitrogen and oxygen atoms in total. The van der Waals surface area contributed by atoms with E-state index in [1.165, 1.54) is 0 Å². The van der Waals surface area contributed by atoms with Crippen molar-refractivity contribution in [3.05, 3.63) is 29.8 Å². The van der Waals surface area contributed by atoms with E-state index in [-0.39, 0.29) is 18.5 Å². The van der Waals surface area contributed by atoms with Crippen molar-refractivity contribution in [3.63, 3.8) is 0 Å². The predicted octanol–water partition coefficient (Wildman–Crippen LogP) is 3.69. The van der Waals surface area contributed by atoms with Crippen LogP contribution in [-0.2, 0) is 23.7 Å². The minimum atomic E-state index is -0.120. The van der Waals surface area contributed by atoms with E-state index in [2.05, 4.69) is 6.92 Å². The summed E-state index contributed by atoms with van der Waals surface area (Å²) in [5, 5.41) is 0. The molecule has 30 heavy (non-hydrogen) atoms. The van der Waals surface area contributed by atoms with E-state index >= 15 is 0 Å². The molecule has 1 atom stereocenters. The Bertz CT molecular complexity index is 559. The number of hydrogen-bond donors (Lipinski definition) is 0. The Labute approximate surface area is 180 Å². The molecule has 0 amide bonds. The highest BCUT2D eigenvalue weighted by molar-refractivity contribution is 5.74. The van der Waals surface area contributed by atoms with Gasteiger partial charge in [0.1, 0.15) is 25.2 Å². The second kappa shape index (κ2) is 17.9. The lowest BCUT2D eigenvalue weighted by atomic mass is 10.00. The van der Waals surface area contributed by atoms with Crippen LogP contribution in [0.3, 0.4) is 0 Å². The number of hydrogen-bond acceptors (Lipinski definition) is 7. The van der Waals surface area contributed by atoms with Crippen molar-refractivity contribution in [2.45, 2.75) is 39.5 Å². The lowest BCUT2D eigenvalue weighted by Gasteiger charge is -2.13. The first-order valence-corrected chi connectivity index (χ1v) is 10.8. The van der Waals surface area contributed by atoms with Crippen LogP contribution in [0.15, 0.2) is 24.3 Å². The maximum Gasteiger partial charge on any atom is 0.308 e. The van der Waals surface area contributed by atoms with E-state index in [1.54, 1.807) is 24.3 Å². The highest BCUT2D eigenvalue weighted by atomic mass is 16.6. The molecule has 1 unspecified atom stereocenters. The second-order valence-corrected chi connectivity index (χ2v) is 6.79. The second-order valence-electron chi connectivity index (χ2n) is 6.79. The van der Waals surface area contributed by atoms with Gasteiger partial charge in [0, 0.05) is 5.56 Å². The predicted molar refractivity (Wildman–Crippen MR) is 114 cm³/mol. The Morgan fingerprint density at radius 3 is 1.97 bits per heavy atom. The van der Waals surface area contributed by atoms with Crippen LogP contribution in [0.5, 0.6) is 5.75 Å². The molecule has 1 aromatic carbocycles. The molecule has 0 aromatic heterocycles. The van der Waals surface area contributed by atoms with E-state index in [4.69, 9.17) is 23.7 Å². The summed E-state index contributed by atoms with van der Waals surface area (Å²) in [7, 11) is 0. The molecule has 0 saturated heterocycles. The minimum Gasteiger partial charge on any atom is -0.491 e. The van der Waals surface area contributed by atoms with Crippen LogP contribution in [-0.4, -0.2) is 65.1 Å². The van der Waals surface area contributed by atoms with Gasteiger partial charge in [0.05, 0.1) is 45.6 Å². The number of carbonyl (C=O) groups excluding carboxylic acids is 2. The molecule has 0 aliphatic rings. The lowest BCUT2D eigenvalue weighted by Crippen LogP contribution is -2.20. The SMILES string of the molecule is CCCCC(CC)C(=O)OCCOCCOCCOCCOc1ccc(C=O)cc1. The molecule has 0 saturated carbocycles. The summed E-state index contributed by atoms with van der Waals surface area (Å²) >= 11 is 0. The molecule has 0 bridgehead atoms. The van der Waals surface area contributed by atoms with E-state index in [0.29, 0.717) is 57.6 Å². The molecule has 1 aromatic rings. The van der Waals surface area contributed by atoms with Gasteiger partial charge in [-0.3, -0.25) is 9.59 Å². The van der Waals surface area contributed by atoms with E-state index < -0.39 is 0 Å². The zero-order valence-electron chi connectivity index (χ0n) is 18.3. The normalized spacial score (nSPS) is 11.8. The van der Waals surface area contributed by atoms with Crippen LogP contribution >= 0.6 is 0 Å². The topological polar surface area (TPSA) is 80.3 Å². The van der Waals surface area contributed by atoms with Crippen LogP contribution in [0.1, 0.15) is 49.9 Å². The summed E-state index contributed by atoms with van der Waals surface area (Å²) in [5.41, 5.74) is 0.619. The van der Waals surface area contributed by atoms with Crippen molar-refractivity contribution < 1.29 is 33.3 Å². The number of carbonyl (C=O) groups is 2. The summed E-state index contributed by atoms with van der Waals surface area (Å²) in [4.78, 5) is 22.5. The van der Waals surface area contributed by atoms with Crippen LogP contribution in [0.25, 0.3) is 0 Å². The molecule has 0 fully saturated rings. The summed E-state index contributed by atoms with van der Waals surface area (Å²) in [6, 6.07) is 6.92. The quantitative estimate of drug-likeness (QED) is 0.190. The maximum absolute atomic E-state index is 11.9. The van der Waals surface area contributed by atoms with Gasteiger partial charge in [0.25, 0.3) is 0 Å². The van der Waals surface area contributed by atoms with Gasteiger partial charge in [-0.1, -0.05) is 26.7 Å². The molecular weight excluding hydrogens is 388 g/mol. The van der Waals surface area contributed by atoms with Crippen molar-refractivity contribution in [3.8, 4) is 5.75 Å². The van der Waals surface area contributed by atoms with Crippen molar-refractivity contribution in [2.24, 2.45) is 5.92 Å². The van der Waals surface area contributed by atoms with Gasteiger partial charge in [0.15, 0.2) is 0 Å². The Morgan fingerprint density at radius 1 is 0.867 bits per heavy atom. The van der Waals surface area contributed by atoms with Gasteiger partial charge in [-0.25, -0.2) is 0 Å². The smallest absolute Gasteiger partial charge is 0.308 e. The molecular formula is C23H36O7. The van der Waals surface area contributed by atoms with Gasteiger partial charge in [0.2, 0.25) is 0 Å². The van der Waals surface area contributed by atoms with Gasteiger partial charge >= 0.3 is 5.97 Å². The summed E-state index contributed by atoms with van der Waals surface area (Å²) in [5.74, 6) is 0.584. The fraction of sp³-hybridized carbons (Fsp3) is 0.652. The fourth-order valence-corrected chi connectivity index (χ4v) is 2.66. The largest absolute Gasteiger partial charge is 0.491 e. The fourth-order valence-electron chi connectivity index (χ4n) is 2.66. The highest BCUT2D eigenvalue weighted by Gasteiger charge is 2.16. The number of ether oxygens (including phenoxy) is 5. The lowest BCUT2D eigenvalue weighted by molar-refractivity contribution is -0.150. The molecule has 0 spiro atoms. The molecule has 0 aliphatic heterocycles. The Morgan fingerprint density at radius 2 is 1.43 bits per heavy atom. The highest BCUT2D eigenvalue weighted by Crippen LogP contribution is 2.14. The molecule has 0 heterocycles. The maximum atomic E-state index is 11.9. The third kappa shape index (κ3) is 12.6. The van der Waals surface area contributed by atoms with Crippen LogP contribution in [0.2, 0.25) is 0 Å². The third-order valence-corrected chi connectivity index (χ3v) is 4.46. The number of benzene rings is 1. The van der Waals surface area contributed by atoms with Crippen molar-refractivity contribution in [1.82, 2.24) is 0 Å². The molecule has 170 valence electrons. The van der Waals surface area contributed by atoms with Gasteiger partial charge in [-0.2, -0.15) is 0 Å². The molecule has 0 aliphatic carbocycles. The van der Waals surface area contributed by atoms with Crippen molar-refractivity contribution in [1.29, 1.82) is 0 Å². The minimum absolute atomic E-state index is 0.00157. The van der Waals surface area contributed by atoms with E-state index in [1.807, 2.05) is 6.92 Å². The number of aldehydes is 1. The number of rotatable bonds is 19. The van der Waals surface area contributed by atoms with Crippen LogP contribution in [0.4, 0.5) is 0 Å². The third-order valence-electron chi connectivity index (χ3n) is 4.46.